The number of rotatable bonds is 4. The monoisotopic (exact) mass is 260 g/mol. The first kappa shape index (κ1) is 14.2. The molecule has 1 rings (SSSR count). The van der Waals surface area contributed by atoms with Crippen LogP contribution in [-0.2, 0) is 16.0 Å². The van der Waals surface area contributed by atoms with Gasteiger partial charge in [-0.25, -0.2) is 4.79 Å². The van der Waals surface area contributed by atoms with Gasteiger partial charge in [0.05, 0.1) is 13.0 Å². The Morgan fingerprint density at radius 3 is 2.50 bits per heavy atom. The van der Waals surface area contributed by atoms with Gasteiger partial charge in [-0.15, -0.1) is 0 Å². The van der Waals surface area contributed by atoms with Crippen molar-refractivity contribution in [2.75, 3.05) is 6.61 Å². The van der Waals surface area contributed by atoms with Crippen LogP contribution in [0, 0.1) is 0 Å². The average Bonchev–Trinajstić information content (AvgIpc) is 2.26. The Balaban J connectivity index is 2.88. The van der Waals surface area contributed by atoms with Gasteiger partial charge in [0.2, 0.25) is 0 Å². The number of ketones is 1. The van der Waals surface area contributed by atoms with Crippen LogP contribution in [0.2, 0.25) is 0 Å². The molecule has 0 saturated carbocycles. The van der Waals surface area contributed by atoms with E-state index in [4.69, 9.17) is 0 Å². The lowest BCUT2D eigenvalue weighted by atomic mass is 10.1. The molecule has 0 heterocycles. The van der Waals surface area contributed by atoms with Crippen LogP contribution in [0.5, 0.6) is 0 Å². The van der Waals surface area contributed by atoms with E-state index in [1.807, 2.05) is 0 Å². The number of carbonyl (C=O) groups excluding carboxylic acids is 2. The molecule has 0 atom stereocenters. The first-order valence-corrected chi connectivity index (χ1v) is 5.20. The fourth-order valence-corrected chi connectivity index (χ4v) is 1.37. The fraction of sp³-hybridized carbons (Fsp3) is 0.333. The van der Waals surface area contributed by atoms with E-state index >= 15 is 0 Å². The van der Waals surface area contributed by atoms with Crippen LogP contribution in [0.3, 0.4) is 0 Å². The van der Waals surface area contributed by atoms with Crippen molar-refractivity contribution < 1.29 is 27.5 Å². The summed E-state index contributed by atoms with van der Waals surface area (Å²) in [6.45, 7) is 1.57. The van der Waals surface area contributed by atoms with Gasteiger partial charge in [0, 0.05) is 5.56 Å². The molecule has 0 aliphatic heterocycles. The summed E-state index contributed by atoms with van der Waals surface area (Å²) in [4.78, 5) is 22.6. The normalized spacial score (nSPS) is 11.1. The lowest BCUT2D eigenvalue weighted by Crippen LogP contribution is -2.18. The Morgan fingerprint density at radius 1 is 1.28 bits per heavy atom. The van der Waals surface area contributed by atoms with Gasteiger partial charge in [-0.1, -0.05) is 18.2 Å². The van der Waals surface area contributed by atoms with Crippen LogP contribution in [0.4, 0.5) is 13.2 Å². The molecule has 0 aromatic heterocycles. The minimum atomic E-state index is -4.36. The molecule has 0 aliphatic carbocycles. The zero-order valence-electron chi connectivity index (χ0n) is 9.58. The summed E-state index contributed by atoms with van der Waals surface area (Å²) in [7, 11) is 0. The molecule has 0 bridgehead atoms. The molecular formula is C12H11F3O3. The summed E-state index contributed by atoms with van der Waals surface area (Å²) in [6, 6.07) is 4.87. The number of benzene rings is 1. The number of carbonyl (C=O) groups is 2. The van der Waals surface area contributed by atoms with Gasteiger partial charge in [-0.3, -0.25) is 4.79 Å². The lowest BCUT2D eigenvalue weighted by molar-refractivity contribution is -0.137. The van der Waals surface area contributed by atoms with Crippen molar-refractivity contribution in [3.8, 4) is 0 Å². The van der Waals surface area contributed by atoms with E-state index in [0.29, 0.717) is 0 Å². The Bertz CT molecular complexity index is 452. The standard InChI is InChI=1S/C12H11F3O3/c1-2-18-11(17)10(16)9-5-3-4-8(6-9)7-12(13,14)15/h3-6H,2,7H2,1H3. The highest BCUT2D eigenvalue weighted by atomic mass is 19.4. The Kier molecular flexibility index (Phi) is 4.47. The topological polar surface area (TPSA) is 43.4 Å². The minimum absolute atomic E-state index is 0.0345. The third-order valence-electron chi connectivity index (χ3n) is 2.05. The molecule has 0 unspecified atom stereocenters. The van der Waals surface area contributed by atoms with Crippen LogP contribution >= 0.6 is 0 Å². The van der Waals surface area contributed by atoms with E-state index in [1.54, 1.807) is 0 Å². The third-order valence-corrected chi connectivity index (χ3v) is 2.05. The zero-order valence-corrected chi connectivity index (χ0v) is 9.58. The molecular weight excluding hydrogens is 249 g/mol. The highest BCUT2D eigenvalue weighted by Gasteiger charge is 2.28. The van der Waals surface area contributed by atoms with Crippen molar-refractivity contribution in [2.24, 2.45) is 0 Å². The van der Waals surface area contributed by atoms with Crippen molar-refractivity contribution in [1.82, 2.24) is 0 Å². The summed E-state index contributed by atoms with van der Waals surface area (Å²) < 4.78 is 41.0. The highest BCUT2D eigenvalue weighted by molar-refractivity contribution is 6.40. The van der Waals surface area contributed by atoms with E-state index in [2.05, 4.69) is 4.74 Å². The second-order valence-electron chi connectivity index (χ2n) is 3.54. The van der Waals surface area contributed by atoms with E-state index in [1.165, 1.54) is 25.1 Å². The number of Topliss-reactive ketones (excluding diaryl/α,β-unsaturated/α-hetero) is 1. The van der Waals surface area contributed by atoms with Crippen molar-refractivity contribution >= 4 is 11.8 Å². The molecule has 18 heavy (non-hydrogen) atoms. The van der Waals surface area contributed by atoms with Crippen molar-refractivity contribution in [3.05, 3.63) is 35.4 Å². The molecule has 0 radical (unpaired) electrons. The molecule has 6 heteroatoms. The van der Waals surface area contributed by atoms with Crippen molar-refractivity contribution in [3.63, 3.8) is 0 Å². The molecule has 0 aliphatic rings. The van der Waals surface area contributed by atoms with Crippen LogP contribution in [0.15, 0.2) is 24.3 Å². The zero-order chi connectivity index (χ0) is 13.8. The SMILES string of the molecule is CCOC(=O)C(=O)c1cccc(CC(F)(F)F)c1. The summed E-state index contributed by atoms with van der Waals surface area (Å²) in [5, 5.41) is 0. The second kappa shape index (κ2) is 5.66. The van der Waals surface area contributed by atoms with Crippen molar-refractivity contribution in [1.29, 1.82) is 0 Å². The maximum absolute atomic E-state index is 12.2. The molecule has 0 spiro atoms. The van der Waals surface area contributed by atoms with Gasteiger partial charge in [0.25, 0.3) is 5.78 Å². The fourth-order valence-electron chi connectivity index (χ4n) is 1.37. The quantitative estimate of drug-likeness (QED) is 0.474. The predicted octanol–water partition coefficient (Wildman–Crippen LogP) is 2.54. The smallest absolute Gasteiger partial charge is 0.393 e. The Labute approximate surface area is 102 Å². The number of hydrogen-bond acceptors (Lipinski definition) is 3. The summed E-state index contributed by atoms with van der Waals surface area (Å²) >= 11 is 0. The minimum Gasteiger partial charge on any atom is -0.460 e. The van der Waals surface area contributed by atoms with Crippen LogP contribution < -0.4 is 0 Å². The number of alkyl halides is 3. The van der Waals surface area contributed by atoms with Gasteiger partial charge < -0.3 is 4.74 Å². The van der Waals surface area contributed by atoms with Crippen LogP contribution in [0.1, 0.15) is 22.8 Å². The van der Waals surface area contributed by atoms with Crippen molar-refractivity contribution in [2.45, 2.75) is 19.5 Å². The van der Waals surface area contributed by atoms with Gasteiger partial charge in [0.1, 0.15) is 0 Å². The number of esters is 1. The first-order valence-electron chi connectivity index (χ1n) is 5.20. The third kappa shape index (κ3) is 4.20. The molecule has 1 aromatic rings. The molecule has 1 aromatic carbocycles. The Morgan fingerprint density at radius 2 is 1.94 bits per heavy atom. The second-order valence-corrected chi connectivity index (χ2v) is 3.54. The van der Waals surface area contributed by atoms with Gasteiger partial charge >= 0.3 is 12.1 Å². The number of halogens is 3. The first-order chi connectivity index (χ1) is 8.33. The predicted molar refractivity (Wildman–Crippen MR) is 57.2 cm³/mol. The lowest BCUT2D eigenvalue weighted by Gasteiger charge is -2.07. The number of ether oxygens (including phenoxy) is 1. The Hall–Kier alpha value is -1.85. The molecule has 98 valence electrons. The average molecular weight is 260 g/mol. The molecule has 0 fully saturated rings. The summed E-state index contributed by atoms with van der Waals surface area (Å²) in [6.07, 6.45) is -5.50. The largest absolute Gasteiger partial charge is 0.460 e. The van der Waals surface area contributed by atoms with Crippen LogP contribution in [-0.4, -0.2) is 24.5 Å². The van der Waals surface area contributed by atoms with E-state index in [-0.39, 0.29) is 17.7 Å². The molecule has 0 amide bonds. The van der Waals surface area contributed by atoms with E-state index < -0.39 is 24.3 Å². The van der Waals surface area contributed by atoms with Gasteiger partial charge in [-0.2, -0.15) is 13.2 Å². The maximum atomic E-state index is 12.2. The summed E-state index contributed by atoms with van der Waals surface area (Å²) in [5.74, 6) is -2.01. The highest BCUT2D eigenvalue weighted by Crippen LogP contribution is 2.21. The van der Waals surface area contributed by atoms with Gasteiger partial charge in [-0.05, 0) is 18.6 Å². The molecule has 0 N–H and O–H groups in total. The molecule has 3 nitrogen and oxygen atoms in total. The number of hydrogen-bond donors (Lipinski definition) is 0. The summed E-state index contributed by atoms with van der Waals surface area (Å²) in [5.41, 5.74) is -0.173. The van der Waals surface area contributed by atoms with E-state index in [9.17, 15) is 22.8 Å². The maximum Gasteiger partial charge on any atom is 0.393 e. The molecule has 0 saturated heterocycles. The van der Waals surface area contributed by atoms with E-state index in [0.717, 1.165) is 6.07 Å². The van der Waals surface area contributed by atoms with Crippen LogP contribution in [0.25, 0.3) is 0 Å². The van der Waals surface area contributed by atoms with Gasteiger partial charge in [0.15, 0.2) is 0 Å².